The minimum absolute atomic E-state index is 0.0875. The molecule has 2 unspecified atom stereocenters. The molecule has 2 atom stereocenters. The first-order valence-electron chi connectivity index (χ1n) is 10.2. The summed E-state index contributed by atoms with van der Waals surface area (Å²) in [6.45, 7) is 8.30. The second kappa shape index (κ2) is 14.2. The van der Waals surface area contributed by atoms with Crippen LogP contribution in [-0.4, -0.2) is 30.0 Å². The van der Waals surface area contributed by atoms with Gasteiger partial charge in [-0.05, 0) is 51.6 Å². The Kier molecular flexibility index (Phi) is 12.0. The first-order valence-corrected chi connectivity index (χ1v) is 10.7. The monoisotopic (exact) mass is 475 g/mol. The van der Waals surface area contributed by atoms with Gasteiger partial charge in [0.2, 0.25) is 0 Å². The van der Waals surface area contributed by atoms with Crippen LogP contribution < -0.4 is 5.32 Å². The van der Waals surface area contributed by atoms with Crippen molar-refractivity contribution in [1.29, 1.82) is 0 Å². The zero-order valence-corrected chi connectivity index (χ0v) is 20.1. The smallest absolute Gasteiger partial charge is 0.278 e. The van der Waals surface area contributed by atoms with Gasteiger partial charge in [0.15, 0.2) is 0 Å². The first kappa shape index (κ1) is 28.0. The Morgan fingerprint density at radius 2 is 1.91 bits per heavy atom. The van der Waals surface area contributed by atoms with Gasteiger partial charge in [-0.25, -0.2) is 18.2 Å². The molecule has 1 rings (SSSR count). The molecule has 1 aromatic carbocycles. The summed E-state index contributed by atoms with van der Waals surface area (Å²) in [5, 5.41) is 2.36. The Hall–Kier alpha value is -3.05. The third kappa shape index (κ3) is 9.96. The summed E-state index contributed by atoms with van der Waals surface area (Å²) in [5.41, 5.74) is -2.47. The van der Waals surface area contributed by atoms with Crippen molar-refractivity contribution in [2.24, 2.45) is 9.98 Å². The predicted octanol–water partition coefficient (Wildman–Crippen LogP) is 6.15. The second-order valence-corrected chi connectivity index (χ2v) is 7.75. The lowest BCUT2D eigenvalue weighted by Gasteiger charge is -2.24. The van der Waals surface area contributed by atoms with E-state index in [-0.39, 0.29) is 23.4 Å². The summed E-state index contributed by atoms with van der Waals surface area (Å²) < 4.78 is 42.5. The van der Waals surface area contributed by atoms with Crippen molar-refractivity contribution >= 4 is 27.6 Å². The van der Waals surface area contributed by atoms with Gasteiger partial charge in [0.1, 0.15) is 11.5 Å². The summed E-state index contributed by atoms with van der Waals surface area (Å²) in [7, 11) is 1.45. The van der Waals surface area contributed by atoms with E-state index < -0.39 is 23.4 Å². The van der Waals surface area contributed by atoms with E-state index in [1.807, 2.05) is 6.92 Å². The molecule has 0 aliphatic rings. The van der Waals surface area contributed by atoms with Gasteiger partial charge in [0.25, 0.3) is 11.6 Å². The molecule has 0 heterocycles. The minimum Gasteiger partial charge on any atom is -0.341 e. The maximum absolute atomic E-state index is 14.2. The molecule has 1 amide bonds. The van der Waals surface area contributed by atoms with Crippen LogP contribution in [0.5, 0.6) is 0 Å². The van der Waals surface area contributed by atoms with Crippen LogP contribution in [0.2, 0.25) is 0 Å². The Labute approximate surface area is 195 Å². The molecule has 8 heteroatoms. The van der Waals surface area contributed by atoms with E-state index in [0.717, 1.165) is 0 Å². The molecular formula is C25H29F3N3OP. The number of rotatable bonds is 11. The number of halogens is 3. The van der Waals surface area contributed by atoms with Gasteiger partial charge in [-0.2, -0.15) is 0 Å². The van der Waals surface area contributed by atoms with Crippen LogP contribution in [0.15, 0.2) is 94.3 Å². The predicted molar refractivity (Wildman–Crippen MR) is 134 cm³/mol. The van der Waals surface area contributed by atoms with Crippen LogP contribution in [0.3, 0.4) is 0 Å². The highest BCUT2D eigenvalue weighted by atomic mass is 31.0. The maximum atomic E-state index is 14.2. The average Bonchev–Trinajstić information content (AvgIpc) is 2.75. The first-order chi connectivity index (χ1) is 15.6. The number of hydrogen-bond donors (Lipinski definition) is 1. The Morgan fingerprint density at radius 1 is 1.21 bits per heavy atom. The molecule has 0 spiro atoms. The normalized spacial score (nSPS) is 14.9. The number of hydrogen-bond acceptors (Lipinski definition) is 3. The zero-order valence-electron chi connectivity index (χ0n) is 18.9. The van der Waals surface area contributed by atoms with Crippen LogP contribution in [-0.2, 0) is 4.79 Å². The van der Waals surface area contributed by atoms with Crippen molar-refractivity contribution in [2.45, 2.75) is 38.9 Å². The molecule has 0 aliphatic heterocycles. The lowest BCUT2D eigenvalue weighted by molar-refractivity contribution is -0.119. The highest BCUT2D eigenvalue weighted by Crippen LogP contribution is 2.29. The van der Waals surface area contributed by atoms with Gasteiger partial charge in [-0.3, -0.25) is 9.79 Å². The van der Waals surface area contributed by atoms with E-state index in [0.29, 0.717) is 5.57 Å². The number of benzene rings is 1. The van der Waals surface area contributed by atoms with Crippen molar-refractivity contribution in [3.8, 4) is 0 Å². The Balaban J connectivity index is 3.34. The fourth-order valence-corrected chi connectivity index (χ4v) is 2.85. The van der Waals surface area contributed by atoms with Gasteiger partial charge in [-0.1, -0.05) is 63.9 Å². The molecule has 4 nitrogen and oxygen atoms in total. The number of carbonyl (C=O) groups is 1. The highest BCUT2D eigenvalue weighted by Gasteiger charge is 2.35. The van der Waals surface area contributed by atoms with Crippen LogP contribution in [0.1, 0.15) is 32.8 Å². The quantitative estimate of drug-likeness (QED) is 0.177. The van der Waals surface area contributed by atoms with E-state index in [9.17, 15) is 18.0 Å². The number of allylic oxidation sites excluding steroid dienone is 7. The maximum Gasteiger partial charge on any atom is 0.278 e. The van der Waals surface area contributed by atoms with Crippen LogP contribution in [0.25, 0.3) is 0 Å². The average molecular weight is 475 g/mol. The molecule has 176 valence electrons. The third-order valence-corrected chi connectivity index (χ3v) is 4.76. The number of carbonyl (C=O) groups excluding carboxylic acids is 1. The number of alkyl halides is 2. The molecular weight excluding hydrogens is 446 g/mol. The summed E-state index contributed by atoms with van der Waals surface area (Å²) in [6.07, 6.45) is 12.7. The van der Waals surface area contributed by atoms with Crippen molar-refractivity contribution in [2.75, 3.05) is 0 Å². The Morgan fingerprint density at radius 3 is 2.52 bits per heavy atom. The number of amides is 1. The van der Waals surface area contributed by atoms with E-state index in [4.69, 9.17) is 0 Å². The fraction of sp³-hybridized carbons (Fsp3) is 0.240. The van der Waals surface area contributed by atoms with Crippen LogP contribution in [0.4, 0.5) is 13.2 Å². The summed E-state index contributed by atoms with van der Waals surface area (Å²) in [6, 6.07) is 4.49. The summed E-state index contributed by atoms with van der Waals surface area (Å²) >= 11 is 0. The van der Waals surface area contributed by atoms with Crippen LogP contribution in [0, 0.1) is 5.82 Å². The van der Waals surface area contributed by atoms with Gasteiger partial charge in [-0.15, -0.1) is 0 Å². The van der Waals surface area contributed by atoms with Crippen LogP contribution >= 0.6 is 9.24 Å². The van der Waals surface area contributed by atoms with Crippen molar-refractivity contribution in [3.63, 3.8) is 0 Å². The van der Waals surface area contributed by atoms with Crippen molar-refractivity contribution in [3.05, 3.63) is 95.6 Å². The van der Waals surface area contributed by atoms with Gasteiger partial charge >= 0.3 is 0 Å². The van der Waals surface area contributed by atoms with Crippen molar-refractivity contribution in [1.82, 2.24) is 5.32 Å². The molecule has 1 aromatic rings. The summed E-state index contributed by atoms with van der Waals surface area (Å²) in [5.74, 6) is -1.29. The molecule has 0 fully saturated rings. The summed E-state index contributed by atoms with van der Waals surface area (Å²) in [4.78, 5) is 20.9. The molecule has 0 saturated heterocycles. The molecule has 0 bridgehead atoms. The van der Waals surface area contributed by atoms with Crippen molar-refractivity contribution < 1.29 is 18.0 Å². The van der Waals surface area contributed by atoms with Gasteiger partial charge in [0.05, 0.1) is 6.04 Å². The zero-order chi connectivity index (χ0) is 24.9. The molecule has 0 saturated carbocycles. The van der Waals surface area contributed by atoms with Gasteiger partial charge in [0, 0.05) is 17.5 Å². The molecule has 0 aliphatic carbocycles. The Bertz CT molecular complexity index is 1000. The largest absolute Gasteiger partial charge is 0.341 e. The topological polar surface area (TPSA) is 53.8 Å². The minimum atomic E-state index is -3.27. The fourth-order valence-electron chi connectivity index (χ4n) is 2.63. The molecule has 0 radical (unpaired) electrons. The van der Waals surface area contributed by atoms with E-state index in [1.54, 1.807) is 50.3 Å². The van der Waals surface area contributed by atoms with E-state index >= 15 is 0 Å². The molecule has 1 N–H and O–H groups in total. The highest BCUT2D eigenvalue weighted by molar-refractivity contribution is 7.18. The van der Waals surface area contributed by atoms with E-state index in [2.05, 4.69) is 22.0 Å². The molecule has 33 heavy (non-hydrogen) atoms. The number of aliphatic imine (C=N–C) groups is 2. The third-order valence-electron chi connectivity index (χ3n) is 4.36. The lowest BCUT2D eigenvalue weighted by Crippen LogP contribution is -2.44. The SMILES string of the molecule is C=N/C=C\C=C/CC(NC(=O)\C(N=C(C)c1ccccc1F)=C(C)/C=C\C=C/C)C(F)(F)P. The second-order valence-electron chi connectivity index (χ2n) is 6.98. The lowest BCUT2D eigenvalue weighted by atomic mass is 10.1. The molecule has 0 aromatic heterocycles. The number of nitrogens with zero attached hydrogens (tertiary/aromatic N) is 2. The number of nitrogens with one attached hydrogen (secondary N) is 1. The van der Waals surface area contributed by atoms with E-state index in [1.165, 1.54) is 45.8 Å². The van der Waals surface area contributed by atoms with Gasteiger partial charge < -0.3 is 5.32 Å². The standard InChI is InChI=1S/C25H29F3N3OP/c1-5-6-8-13-18(2)23(30-19(3)20-14-10-11-15-21(20)26)24(32)31-22(25(27,28)33)16-9-7-12-17-29-4/h5-15,17,22H,4,16,33H2,1-3H3,(H,31,32)/b6-5-,9-7-,13-8-,17-12-,23-18+,30-19?.